The molecule has 3 heterocycles. The van der Waals surface area contributed by atoms with Crippen LogP contribution in [-0.2, 0) is 6.54 Å². The normalized spacial score (nSPS) is 12.6. The van der Waals surface area contributed by atoms with Crippen molar-refractivity contribution in [2.45, 2.75) is 20.4 Å². The monoisotopic (exact) mass is 361 g/mol. The summed E-state index contributed by atoms with van der Waals surface area (Å²) in [6, 6.07) is 9.71. The second-order valence-corrected chi connectivity index (χ2v) is 6.27. The minimum atomic E-state index is 0.198. The molecule has 1 aliphatic rings. The highest BCUT2D eigenvalue weighted by molar-refractivity contribution is 5.81. The first-order valence-corrected chi connectivity index (χ1v) is 8.75. The Morgan fingerprint density at radius 1 is 1.19 bits per heavy atom. The van der Waals surface area contributed by atoms with Crippen molar-refractivity contribution in [2.75, 3.05) is 18.9 Å². The molecule has 4 rings (SSSR count). The van der Waals surface area contributed by atoms with E-state index in [4.69, 9.17) is 15.2 Å². The fourth-order valence-electron chi connectivity index (χ4n) is 3.19. The molecule has 1 aromatic carbocycles. The summed E-state index contributed by atoms with van der Waals surface area (Å²) in [6.07, 6.45) is 1.93. The lowest BCUT2D eigenvalue weighted by molar-refractivity contribution is 0.171. The predicted molar refractivity (Wildman–Crippen MR) is 101 cm³/mol. The van der Waals surface area contributed by atoms with Crippen LogP contribution in [0.15, 0.2) is 30.5 Å². The number of nitriles is 1. The average molecular weight is 361 g/mol. The van der Waals surface area contributed by atoms with E-state index in [1.807, 2.05) is 49.0 Å². The topological polar surface area (TPSA) is 99.0 Å². The first kappa shape index (κ1) is 16.9. The number of anilines is 1. The number of pyridine rings is 1. The second-order valence-electron chi connectivity index (χ2n) is 6.27. The summed E-state index contributed by atoms with van der Waals surface area (Å²) < 4.78 is 13.1. The molecule has 1 aliphatic heterocycles. The van der Waals surface area contributed by atoms with Gasteiger partial charge in [0.25, 0.3) is 0 Å². The number of aryl methyl sites for hydroxylation is 2. The zero-order valence-corrected chi connectivity index (χ0v) is 15.2. The Kier molecular flexibility index (Phi) is 4.16. The Labute approximate surface area is 157 Å². The maximum Gasteiger partial charge on any atom is 0.162 e. The Balaban J connectivity index is 1.87. The van der Waals surface area contributed by atoms with Gasteiger partial charge in [0.2, 0.25) is 0 Å². The number of nitrogen functional groups attached to an aromatic ring is 1. The lowest BCUT2D eigenvalue weighted by atomic mass is 9.99. The van der Waals surface area contributed by atoms with Gasteiger partial charge in [-0.2, -0.15) is 10.4 Å². The zero-order chi connectivity index (χ0) is 19.0. The van der Waals surface area contributed by atoms with E-state index < -0.39 is 0 Å². The molecule has 0 fully saturated rings. The molecule has 3 aromatic rings. The third-order valence-corrected chi connectivity index (χ3v) is 4.56. The number of fused-ring (bicyclic) bond motifs is 1. The Bertz CT molecular complexity index is 1060. The smallest absolute Gasteiger partial charge is 0.162 e. The summed E-state index contributed by atoms with van der Waals surface area (Å²) in [5, 5.41) is 14.1. The molecular weight excluding hydrogens is 342 g/mol. The number of aromatic nitrogens is 3. The molecule has 27 heavy (non-hydrogen) atoms. The first-order valence-electron chi connectivity index (χ1n) is 8.75. The number of nitrogens with zero attached hydrogens (tertiary/aromatic N) is 4. The minimum Gasteiger partial charge on any atom is -0.486 e. The Hall–Kier alpha value is -3.53. The third kappa shape index (κ3) is 2.95. The quantitative estimate of drug-likeness (QED) is 0.769. The molecule has 7 heteroatoms. The van der Waals surface area contributed by atoms with Gasteiger partial charge in [-0.05, 0) is 38.1 Å². The van der Waals surface area contributed by atoms with Crippen molar-refractivity contribution in [1.29, 1.82) is 5.26 Å². The van der Waals surface area contributed by atoms with Crippen LogP contribution in [-0.4, -0.2) is 28.0 Å². The molecule has 2 N–H and O–H groups in total. The van der Waals surface area contributed by atoms with E-state index in [-0.39, 0.29) is 5.82 Å². The van der Waals surface area contributed by atoms with E-state index in [0.717, 1.165) is 28.9 Å². The molecule has 0 saturated carbocycles. The molecule has 0 atom stereocenters. The van der Waals surface area contributed by atoms with E-state index in [9.17, 15) is 5.26 Å². The minimum absolute atomic E-state index is 0.198. The van der Waals surface area contributed by atoms with Gasteiger partial charge in [0.15, 0.2) is 11.5 Å². The molecule has 0 aliphatic carbocycles. The van der Waals surface area contributed by atoms with Crippen molar-refractivity contribution >= 4 is 5.82 Å². The lowest BCUT2D eigenvalue weighted by Gasteiger charge is -2.19. The standard InChI is InChI=1S/C20H19N5O2/c1-3-25-11-16(12(2)24-25)14-9-17(23-20(22)15(14)10-21)13-4-5-18-19(8-13)27-7-6-26-18/h4-5,8-9,11H,3,6-7H2,1-2H3,(H2,22,23). The molecule has 0 saturated heterocycles. The van der Waals surface area contributed by atoms with Crippen LogP contribution in [0.5, 0.6) is 11.5 Å². The molecular formula is C20H19N5O2. The lowest BCUT2D eigenvalue weighted by Crippen LogP contribution is -2.15. The van der Waals surface area contributed by atoms with Crippen LogP contribution in [0.2, 0.25) is 0 Å². The van der Waals surface area contributed by atoms with Crippen LogP contribution in [0, 0.1) is 18.3 Å². The molecule has 0 spiro atoms. The van der Waals surface area contributed by atoms with Gasteiger partial charge in [0.1, 0.15) is 30.7 Å². The van der Waals surface area contributed by atoms with Gasteiger partial charge in [-0.15, -0.1) is 0 Å². The first-order chi connectivity index (χ1) is 13.1. The van der Waals surface area contributed by atoms with Gasteiger partial charge in [-0.1, -0.05) is 0 Å². The van der Waals surface area contributed by atoms with Gasteiger partial charge in [0, 0.05) is 29.4 Å². The van der Waals surface area contributed by atoms with E-state index in [1.54, 1.807) is 0 Å². The van der Waals surface area contributed by atoms with Crippen molar-refractivity contribution in [3.8, 4) is 40.0 Å². The molecule has 0 bridgehead atoms. The summed E-state index contributed by atoms with van der Waals surface area (Å²) in [7, 11) is 0. The predicted octanol–water partition coefficient (Wildman–Crippen LogP) is 3.17. The number of hydrogen-bond acceptors (Lipinski definition) is 6. The summed E-state index contributed by atoms with van der Waals surface area (Å²) >= 11 is 0. The fraction of sp³-hybridized carbons (Fsp3) is 0.250. The van der Waals surface area contributed by atoms with Gasteiger partial charge < -0.3 is 15.2 Å². The van der Waals surface area contributed by atoms with Crippen LogP contribution >= 0.6 is 0 Å². The maximum absolute atomic E-state index is 9.60. The van der Waals surface area contributed by atoms with Gasteiger partial charge >= 0.3 is 0 Å². The van der Waals surface area contributed by atoms with Crippen molar-refractivity contribution < 1.29 is 9.47 Å². The molecule has 7 nitrogen and oxygen atoms in total. The number of rotatable bonds is 3. The molecule has 0 radical (unpaired) electrons. The van der Waals surface area contributed by atoms with Crippen molar-refractivity contribution in [2.24, 2.45) is 0 Å². The van der Waals surface area contributed by atoms with Gasteiger partial charge in [-0.3, -0.25) is 4.68 Å². The number of nitrogens with two attached hydrogens (primary N) is 1. The zero-order valence-electron chi connectivity index (χ0n) is 15.2. The summed E-state index contributed by atoms with van der Waals surface area (Å²) in [4.78, 5) is 4.44. The SMILES string of the molecule is CCn1cc(-c2cc(-c3ccc4c(c3)OCCO4)nc(N)c2C#N)c(C)n1. The van der Waals surface area contributed by atoms with Crippen LogP contribution in [0.1, 0.15) is 18.2 Å². The van der Waals surface area contributed by atoms with Crippen LogP contribution < -0.4 is 15.2 Å². The summed E-state index contributed by atoms with van der Waals surface area (Å²) in [5.41, 5.74) is 10.4. The third-order valence-electron chi connectivity index (χ3n) is 4.56. The Morgan fingerprint density at radius 2 is 1.96 bits per heavy atom. The molecule has 2 aromatic heterocycles. The maximum atomic E-state index is 9.60. The largest absolute Gasteiger partial charge is 0.486 e. The van der Waals surface area contributed by atoms with E-state index >= 15 is 0 Å². The number of hydrogen-bond donors (Lipinski definition) is 1. The highest BCUT2D eigenvalue weighted by Gasteiger charge is 2.18. The highest BCUT2D eigenvalue weighted by atomic mass is 16.6. The number of ether oxygens (including phenoxy) is 2. The highest BCUT2D eigenvalue weighted by Crippen LogP contribution is 2.37. The Morgan fingerprint density at radius 3 is 2.67 bits per heavy atom. The summed E-state index contributed by atoms with van der Waals surface area (Å²) in [6.45, 7) is 5.74. The van der Waals surface area contributed by atoms with Crippen LogP contribution in [0.25, 0.3) is 22.4 Å². The fourth-order valence-corrected chi connectivity index (χ4v) is 3.19. The molecule has 136 valence electrons. The van der Waals surface area contributed by atoms with Gasteiger partial charge in [-0.25, -0.2) is 4.98 Å². The van der Waals surface area contributed by atoms with Crippen molar-refractivity contribution in [3.05, 3.63) is 41.7 Å². The van der Waals surface area contributed by atoms with Gasteiger partial charge in [0.05, 0.1) is 11.4 Å². The van der Waals surface area contributed by atoms with E-state index in [2.05, 4.69) is 16.2 Å². The van der Waals surface area contributed by atoms with E-state index in [0.29, 0.717) is 36.0 Å². The number of benzene rings is 1. The average Bonchev–Trinajstić information content (AvgIpc) is 3.07. The molecule has 0 amide bonds. The van der Waals surface area contributed by atoms with Crippen molar-refractivity contribution in [1.82, 2.24) is 14.8 Å². The van der Waals surface area contributed by atoms with Crippen LogP contribution in [0.3, 0.4) is 0 Å². The second kappa shape index (κ2) is 6.65. The summed E-state index contributed by atoms with van der Waals surface area (Å²) in [5.74, 6) is 1.59. The molecule has 0 unspecified atom stereocenters. The van der Waals surface area contributed by atoms with E-state index in [1.165, 1.54) is 0 Å². The van der Waals surface area contributed by atoms with Crippen molar-refractivity contribution in [3.63, 3.8) is 0 Å². The van der Waals surface area contributed by atoms with Crippen LogP contribution in [0.4, 0.5) is 5.82 Å².